The molecule has 25 heavy (non-hydrogen) atoms. The van der Waals surface area contributed by atoms with E-state index in [0.29, 0.717) is 6.42 Å². The highest BCUT2D eigenvalue weighted by Gasteiger charge is 2.30. The molecule has 0 radical (unpaired) electrons. The van der Waals surface area contributed by atoms with Gasteiger partial charge in [0.15, 0.2) is 16.4 Å². The van der Waals surface area contributed by atoms with E-state index in [9.17, 15) is 18.0 Å². The molecule has 1 amide bonds. The van der Waals surface area contributed by atoms with Crippen molar-refractivity contribution in [3.05, 3.63) is 29.3 Å². The van der Waals surface area contributed by atoms with Gasteiger partial charge in [-0.25, -0.2) is 8.42 Å². The summed E-state index contributed by atoms with van der Waals surface area (Å²) < 4.78 is 27.8. The number of carbonyl (C=O) groups excluding carboxylic acids is 2. The van der Waals surface area contributed by atoms with E-state index in [4.69, 9.17) is 4.74 Å². The van der Waals surface area contributed by atoms with Crippen molar-refractivity contribution in [2.45, 2.75) is 39.5 Å². The molecule has 1 saturated heterocycles. The van der Waals surface area contributed by atoms with Gasteiger partial charge < -0.3 is 10.1 Å². The van der Waals surface area contributed by atoms with Gasteiger partial charge in [0.1, 0.15) is 0 Å². The first-order chi connectivity index (χ1) is 11.7. The van der Waals surface area contributed by atoms with Crippen molar-refractivity contribution < 1.29 is 22.7 Å². The van der Waals surface area contributed by atoms with Crippen molar-refractivity contribution >= 4 is 27.4 Å². The van der Waals surface area contributed by atoms with Crippen LogP contribution in [0.3, 0.4) is 0 Å². The van der Waals surface area contributed by atoms with Gasteiger partial charge in [-0.1, -0.05) is 32.0 Å². The van der Waals surface area contributed by atoms with Gasteiger partial charge in [-0.15, -0.1) is 0 Å². The van der Waals surface area contributed by atoms with Crippen molar-refractivity contribution in [2.75, 3.05) is 23.4 Å². The van der Waals surface area contributed by atoms with Crippen molar-refractivity contribution in [1.82, 2.24) is 0 Å². The first-order valence-electron chi connectivity index (χ1n) is 8.43. The molecule has 1 aliphatic heterocycles. The number of ether oxygens (including phenoxy) is 1. The monoisotopic (exact) mass is 367 g/mol. The molecule has 0 unspecified atom stereocenters. The predicted octanol–water partition coefficient (Wildman–Crippen LogP) is 2.42. The van der Waals surface area contributed by atoms with Gasteiger partial charge >= 0.3 is 5.97 Å². The fourth-order valence-corrected chi connectivity index (χ4v) is 4.85. The van der Waals surface area contributed by atoms with Crippen LogP contribution < -0.4 is 5.32 Å². The van der Waals surface area contributed by atoms with E-state index in [1.54, 1.807) is 0 Å². The highest BCUT2D eigenvalue weighted by Crippen LogP contribution is 2.27. The van der Waals surface area contributed by atoms with Crippen LogP contribution in [0.4, 0.5) is 5.69 Å². The van der Waals surface area contributed by atoms with Crippen LogP contribution >= 0.6 is 0 Å². The molecular weight excluding hydrogens is 342 g/mol. The molecule has 0 spiro atoms. The number of hydrogen-bond acceptors (Lipinski definition) is 5. The average molecular weight is 367 g/mol. The number of anilines is 1. The number of benzene rings is 1. The average Bonchev–Trinajstić information content (AvgIpc) is 2.85. The molecule has 6 nitrogen and oxygen atoms in total. The van der Waals surface area contributed by atoms with Gasteiger partial charge in [-0.2, -0.15) is 0 Å². The summed E-state index contributed by atoms with van der Waals surface area (Å²) in [5.74, 6) is -0.743. The summed E-state index contributed by atoms with van der Waals surface area (Å²) in [6, 6.07) is 5.81. The smallest absolute Gasteiger partial charge is 0.306 e. The van der Waals surface area contributed by atoms with Crippen LogP contribution in [0.1, 0.15) is 43.7 Å². The first kappa shape index (κ1) is 19.4. The molecule has 1 aliphatic rings. The Morgan fingerprint density at radius 3 is 2.64 bits per heavy atom. The molecule has 1 atom stereocenters. The summed E-state index contributed by atoms with van der Waals surface area (Å²) in [6.07, 6.45) is 0.513. The number of carbonyl (C=O) groups is 2. The Hall–Kier alpha value is -1.89. The molecule has 1 N–H and O–H groups in total. The fourth-order valence-electron chi connectivity index (χ4n) is 2.99. The van der Waals surface area contributed by atoms with Crippen molar-refractivity contribution in [3.63, 3.8) is 0 Å². The highest BCUT2D eigenvalue weighted by molar-refractivity contribution is 7.91. The number of aryl methyl sites for hydroxylation is 1. The number of rotatable bonds is 6. The van der Waals surface area contributed by atoms with Crippen LogP contribution in [0.15, 0.2) is 18.2 Å². The molecule has 7 heteroatoms. The Morgan fingerprint density at radius 1 is 1.32 bits per heavy atom. The lowest BCUT2D eigenvalue weighted by Gasteiger charge is -2.16. The molecule has 0 aromatic heterocycles. The Bertz CT molecular complexity index is 755. The summed E-state index contributed by atoms with van der Waals surface area (Å²) in [4.78, 5) is 23.9. The third-order valence-electron chi connectivity index (χ3n) is 4.34. The zero-order valence-corrected chi connectivity index (χ0v) is 15.7. The summed E-state index contributed by atoms with van der Waals surface area (Å²) >= 11 is 0. The second kappa shape index (κ2) is 7.99. The SMILES string of the molecule is Cc1cccc(C(C)C)c1NC(=O)COC(=O)C[C@@H]1CCS(=O)(=O)C1. The lowest BCUT2D eigenvalue weighted by Crippen LogP contribution is -2.23. The number of amides is 1. The fraction of sp³-hybridized carbons (Fsp3) is 0.556. The zero-order chi connectivity index (χ0) is 18.6. The zero-order valence-electron chi connectivity index (χ0n) is 14.9. The van der Waals surface area contributed by atoms with Gasteiger partial charge in [0.2, 0.25) is 0 Å². The van der Waals surface area contributed by atoms with Crippen LogP contribution in [-0.4, -0.2) is 38.4 Å². The van der Waals surface area contributed by atoms with Crippen LogP contribution in [0.2, 0.25) is 0 Å². The van der Waals surface area contributed by atoms with Gasteiger partial charge in [-0.3, -0.25) is 9.59 Å². The van der Waals surface area contributed by atoms with Gasteiger partial charge in [-0.05, 0) is 36.3 Å². The van der Waals surface area contributed by atoms with Crippen LogP contribution in [0, 0.1) is 12.8 Å². The van der Waals surface area contributed by atoms with Crippen molar-refractivity contribution in [2.24, 2.45) is 5.92 Å². The summed E-state index contributed by atoms with van der Waals surface area (Å²) in [5, 5.41) is 2.81. The highest BCUT2D eigenvalue weighted by atomic mass is 32.2. The van der Waals surface area contributed by atoms with Crippen LogP contribution in [0.5, 0.6) is 0 Å². The molecule has 1 heterocycles. The molecule has 1 aromatic carbocycles. The second-order valence-electron chi connectivity index (χ2n) is 6.88. The lowest BCUT2D eigenvalue weighted by molar-refractivity contribution is -0.148. The molecule has 0 aliphatic carbocycles. The number of sulfone groups is 1. The van der Waals surface area contributed by atoms with Crippen LogP contribution in [0.25, 0.3) is 0 Å². The number of nitrogens with one attached hydrogen (secondary N) is 1. The second-order valence-corrected chi connectivity index (χ2v) is 9.10. The van der Waals surface area contributed by atoms with E-state index in [2.05, 4.69) is 5.32 Å². The van der Waals surface area contributed by atoms with Crippen LogP contribution in [-0.2, 0) is 24.2 Å². The number of para-hydroxylation sites is 1. The summed E-state index contributed by atoms with van der Waals surface area (Å²) in [6.45, 7) is 5.62. The molecule has 1 fully saturated rings. The van der Waals surface area contributed by atoms with E-state index < -0.39 is 21.7 Å². The molecule has 138 valence electrons. The van der Waals surface area contributed by atoms with Gasteiger partial charge in [0, 0.05) is 12.1 Å². The van der Waals surface area contributed by atoms with Crippen molar-refractivity contribution in [3.8, 4) is 0 Å². The molecule has 0 saturated carbocycles. The maximum absolute atomic E-state index is 12.1. The molecule has 0 bridgehead atoms. The van der Waals surface area contributed by atoms with E-state index in [0.717, 1.165) is 16.8 Å². The van der Waals surface area contributed by atoms with E-state index in [1.165, 1.54) is 0 Å². The number of esters is 1. The summed E-state index contributed by atoms with van der Waals surface area (Å²) in [7, 11) is -3.02. The van der Waals surface area contributed by atoms with E-state index in [-0.39, 0.29) is 36.4 Å². The minimum absolute atomic E-state index is 0.0231. The summed E-state index contributed by atoms with van der Waals surface area (Å²) in [5.41, 5.74) is 2.72. The predicted molar refractivity (Wildman–Crippen MR) is 96.2 cm³/mol. The standard InChI is InChI=1S/C18H25NO5S/c1-12(2)15-6-4-5-13(3)18(15)19-16(20)10-24-17(21)9-14-7-8-25(22,23)11-14/h4-6,12,14H,7-11H2,1-3H3,(H,19,20)/t14-/m0/s1. The number of hydrogen-bond donors (Lipinski definition) is 1. The quantitative estimate of drug-likeness (QED) is 0.780. The Morgan fingerprint density at radius 2 is 2.04 bits per heavy atom. The van der Waals surface area contributed by atoms with E-state index in [1.807, 2.05) is 39.0 Å². The maximum atomic E-state index is 12.1. The molecule has 2 rings (SSSR count). The minimum atomic E-state index is -3.02. The maximum Gasteiger partial charge on any atom is 0.306 e. The Labute approximate surface area is 148 Å². The Balaban J connectivity index is 1.86. The third kappa shape index (κ3) is 5.56. The first-order valence-corrected chi connectivity index (χ1v) is 10.3. The van der Waals surface area contributed by atoms with Gasteiger partial charge in [0.25, 0.3) is 5.91 Å². The topological polar surface area (TPSA) is 89.5 Å². The van der Waals surface area contributed by atoms with E-state index >= 15 is 0 Å². The largest absolute Gasteiger partial charge is 0.456 e. The third-order valence-corrected chi connectivity index (χ3v) is 6.17. The van der Waals surface area contributed by atoms with Gasteiger partial charge in [0.05, 0.1) is 11.5 Å². The Kier molecular flexibility index (Phi) is 6.21. The normalized spacial score (nSPS) is 19.0. The molecule has 1 aromatic rings. The molecular formula is C18H25NO5S. The lowest BCUT2D eigenvalue weighted by atomic mass is 9.98. The van der Waals surface area contributed by atoms with Crippen molar-refractivity contribution in [1.29, 1.82) is 0 Å². The minimum Gasteiger partial charge on any atom is -0.456 e.